The Morgan fingerprint density at radius 3 is 3.00 bits per heavy atom. The van der Waals surface area contributed by atoms with E-state index in [0.29, 0.717) is 29.2 Å². The first-order valence-electron chi connectivity index (χ1n) is 11.1. The highest BCUT2D eigenvalue weighted by molar-refractivity contribution is 7.84. The lowest BCUT2D eigenvalue weighted by Crippen LogP contribution is -2.22. The van der Waals surface area contributed by atoms with E-state index in [-0.39, 0.29) is 24.3 Å². The minimum Gasteiger partial charge on any atom is -0.367 e. The van der Waals surface area contributed by atoms with E-state index in [0.717, 1.165) is 29.3 Å². The van der Waals surface area contributed by atoms with Crippen LogP contribution in [0.1, 0.15) is 40.1 Å². The number of nitrogens with two attached hydrogens (primary N) is 1. The van der Waals surface area contributed by atoms with Gasteiger partial charge in [-0.25, -0.2) is 15.1 Å². The Morgan fingerprint density at radius 2 is 2.14 bits per heavy atom. The standard InChI is InChI=1S/C23H24N6O4S2/c24-35(31,32)33-12-15-1-2-18(7-15)28-23-19(9-26-14-27-23)22(30)21-8-16(13-34-21)11-29-6-4-17-3-5-25-10-20(17)29/h3-6,8-10,13-15,18H,1-2,7,11-12H2,(H2,24,31,32)(H,26,27,28)/t15-,18?/m1/s1. The number of anilines is 1. The first-order chi connectivity index (χ1) is 16.9. The van der Waals surface area contributed by atoms with Crippen molar-refractivity contribution in [1.29, 1.82) is 0 Å². The van der Waals surface area contributed by atoms with Crippen LogP contribution in [-0.2, 0) is 21.0 Å². The van der Waals surface area contributed by atoms with Gasteiger partial charge < -0.3 is 9.88 Å². The predicted molar refractivity (Wildman–Crippen MR) is 132 cm³/mol. The number of carbonyl (C=O) groups is 1. The molecule has 4 heterocycles. The third kappa shape index (κ3) is 5.56. The van der Waals surface area contributed by atoms with Gasteiger partial charge in [0.2, 0.25) is 5.78 Å². The van der Waals surface area contributed by atoms with Crippen LogP contribution < -0.4 is 10.5 Å². The van der Waals surface area contributed by atoms with Crippen LogP contribution in [0.15, 0.2) is 54.7 Å². The molecule has 5 rings (SSSR count). The molecule has 10 nitrogen and oxygen atoms in total. The van der Waals surface area contributed by atoms with Crippen molar-refractivity contribution in [3.8, 4) is 0 Å². The monoisotopic (exact) mass is 512 g/mol. The highest BCUT2D eigenvalue weighted by atomic mass is 32.2. The zero-order valence-corrected chi connectivity index (χ0v) is 20.3. The summed E-state index contributed by atoms with van der Waals surface area (Å²) in [5.74, 6) is 0.391. The van der Waals surface area contributed by atoms with E-state index in [1.807, 2.05) is 36.0 Å². The number of nitrogens with one attached hydrogen (secondary N) is 1. The summed E-state index contributed by atoms with van der Waals surface area (Å²) in [5, 5.41) is 11.4. The summed E-state index contributed by atoms with van der Waals surface area (Å²) in [5.41, 5.74) is 2.47. The van der Waals surface area contributed by atoms with Gasteiger partial charge in [-0.15, -0.1) is 11.3 Å². The quantitative estimate of drug-likeness (QED) is 0.326. The van der Waals surface area contributed by atoms with Crippen LogP contribution in [-0.4, -0.2) is 46.4 Å². The number of nitrogens with zero attached hydrogens (tertiary/aromatic N) is 4. The lowest BCUT2D eigenvalue weighted by Gasteiger charge is -2.15. The number of pyridine rings is 1. The van der Waals surface area contributed by atoms with Gasteiger partial charge in [0.1, 0.15) is 12.1 Å². The zero-order chi connectivity index (χ0) is 24.4. The second kappa shape index (κ2) is 9.82. The molecule has 1 aliphatic carbocycles. The minimum atomic E-state index is -3.95. The van der Waals surface area contributed by atoms with Gasteiger partial charge >= 0.3 is 10.3 Å². The predicted octanol–water partition coefficient (Wildman–Crippen LogP) is 2.97. The summed E-state index contributed by atoms with van der Waals surface area (Å²) in [6, 6.07) is 5.96. The van der Waals surface area contributed by atoms with Crippen LogP contribution in [0.2, 0.25) is 0 Å². The van der Waals surface area contributed by atoms with E-state index in [9.17, 15) is 13.2 Å². The second-order valence-electron chi connectivity index (χ2n) is 8.61. The topological polar surface area (TPSA) is 142 Å². The van der Waals surface area contributed by atoms with Crippen molar-refractivity contribution in [2.24, 2.45) is 11.1 Å². The van der Waals surface area contributed by atoms with Crippen molar-refractivity contribution < 1.29 is 17.4 Å². The van der Waals surface area contributed by atoms with E-state index in [1.54, 1.807) is 6.20 Å². The van der Waals surface area contributed by atoms with Crippen LogP contribution in [0.5, 0.6) is 0 Å². The van der Waals surface area contributed by atoms with Gasteiger partial charge in [0, 0.05) is 36.6 Å². The van der Waals surface area contributed by atoms with Gasteiger partial charge in [-0.1, -0.05) is 0 Å². The Balaban J connectivity index is 1.27. The third-order valence-electron chi connectivity index (χ3n) is 6.11. The number of hydrogen-bond acceptors (Lipinski definition) is 9. The average Bonchev–Trinajstić information content (AvgIpc) is 3.58. The summed E-state index contributed by atoms with van der Waals surface area (Å²) in [4.78, 5) is 26.5. The minimum absolute atomic E-state index is 0.0417. The maximum atomic E-state index is 13.3. The molecule has 0 saturated heterocycles. The summed E-state index contributed by atoms with van der Waals surface area (Å²) in [7, 11) is -3.95. The number of hydrogen-bond donors (Lipinski definition) is 2. The maximum Gasteiger partial charge on any atom is 0.333 e. The number of carbonyl (C=O) groups excluding carboxylic acids is 1. The summed E-state index contributed by atoms with van der Waals surface area (Å²) < 4.78 is 28.9. The summed E-state index contributed by atoms with van der Waals surface area (Å²) in [6.07, 6.45) is 10.8. The number of fused-ring (bicyclic) bond motifs is 1. The first kappa shape index (κ1) is 23.5. The van der Waals surface area contributed by atoms with Crippen molar-refractivity contribution in [2.75, 3.05) is 11.9 Å². The number of aromatic nitrogens is 4. The van der Waals surface area contributed by atoms with Gasteiger partial charge in [-0.2, -0.15) is 8.42 Å². The zero-order valence-electron chi connectivity index (χ0n) is 18.7. The molecule has 0 radical (unpaired) electrons. The van der Waals surface area contributed by atoms with Gasteiger partial charge in [0.15, 0.2) is 0 Å². The molecule has 0 amide bonds. The Kier molecular flexibility index (Phi) is 6.60. The average molecular weight is 513 g/mol. The van der Waals surface area contributed by atoms with Gasteiger partial charge in [0.25, 0.3) is 0 Å². The van der Waals surface area contributed by atoms with Crippen molar-refractivity contribution in [3.05, 3.63) is 70.7 Å². The van der Waals surface area contributed by atoms with E-state index < -0.39 is 10.3 Å². The van der Waals surface area contributed by atoms with Gasteiger partial charge in [-0.05, 0) is 54.3 Å². The van der Waals surface area contributed by atoms with Crippen LogP contribution >= 0.6 is 11.3 Å². The summed E-state index contributed by atoms with van der Waals surface area (Å²) in [6.45, 7) is 0.691. The molecule has 1 saturated carbocycles. The molecule has 4 aromatic rings. The van der Waals surface area contributed by atoms with Crippen molar-refractivity contribution in [1.82, 2.24) is 19.5 Å². The van der Waals surface area contributed by atoms with Crippen LogP contribution in [0, 0.1) is 5.92 Å². The molecule has 12 heteroatoms. The molecule has 1 unspecified atom stereocenters. The maximum absolute atomic E-state index is 13.3. The SMILES string of the molecule is NS(=O)(=O)OC[C@@H]1CCC(Nc2ncncc2C(=O)c2cc(Cn3ccc4ccncc43)cs2)C1. The highest BCUT2D eigenvalue weighted by Crippen LogP contribution is 2.30. The summed E-state index contributed by atoms with van der Waals surface area (Å²) >= 11 is 1.39. The molecular weight excluding hydrogens is 488 g/mol. The molecule has 0 spiro atoms. The fourth-order valence-electron chi connectivity index (χ4n) is 4.43. The Hall–Kier alpha value is -3.19. The molecule has 2 atom stereocenters. The van der Waals surface area contributed by atoms with Crippen LogP contribution in [0.25, 0.3) is 10.9 Å². The lowest BCUT2D eigenvalue weighted by molar-refractivity contribution is 0.104. The normalized spacial score (nSPS) is 18.2. The number of thiophene rings is 1. The molecule has 1 fully saturated rings. The Morgan fingerprint density at radius 1 is 1.26 bits per heavy atom. The Labute approximate surface area is 206 Å². The first-order valence-corrected chi connectivity index (χ1v) is 13.5. The molecular formula is C23H24N6O4S2. The smallest absolute Gasteiger partial charge is 0.333 e. The third-order valence-corrected chi connectivity index (χ3v) is 7.56. The van der Waals surface area contributed by atoms with Crippen molar-refractivity contribution in [2.45, 2.75) is 31.8 Å². The molecule has 3 N–H and O–H groups in total. The molecule has 0 aliphatic heterocycles. The van der Waals surface area contributed by atoms with E-state index in [1.165, 1.54) is 23.9 Å². The van der Waals surface area contributed by atoms with E-state index >= 15 is 0 Å². The van der Waals surface area contributed by atoms with E-state index in [2.05, 4.69) is 24.8 Å². The lowest BCUT2D eigenvalue weighted by atomic mass is 10.1. The van der Waals surface area contributed by atoms with Crippen molar-refractivity contribution in [3.63, 3.8) is 0 Å². The molecule has 1 aliphatic rings. The molecule has 0 aromatic carbocycles. The number of rotatable bonds is 9. The fraction of sp³-hybridized carbons (Fsp3) is 0.304. The largest absolute Gasteiger partial charge is 0.367 e. The second-order valence-corrected chi connectivity index (χ2v) is 10.7. The molecule has 0 bridgehead atoms. The molecule has 4 aromatic heterocycles. The Bertz CT molecular complexity index is 1470. The highest BCUT2D eigenvalue weighted by Gasteiger charge is 2.28. The fourth-order valence-corrected chi connectivity index (χ4v) is 5.67. The molecule has 182 valence electrons. The van der Waals surface area contributed by atoms with Gasteiger partial charge in [0.05, 0.1) is 28.8 Å². The van der Waals surface area contributed by atoms with Crippen LogP contribution in [0.4, 0.5) is 5.82 Å². The number of ketones is 1. The van der Waals surface area contributed by atoms with Crippen LogP contribution in [0.3, 0.4) is 0 Å². The van der Waals surface area contributed by atoms with Gasteiger partial charge in [-0.3, -0.25) is 14.0 Å². The molecule has 35 heavy (non-hydrogen) atoms. The van der Waals surface area contributed by atoms with E-state index in [4.69, 9.17) is 9.32 Å². The van der Waals surface area contributed by atoms with Crippen molar-refractivity contribution >= 4 is 44.1 Å².